The zero-order valence-corrected chi connectivity index (χ0v) is 11.7. The first kappa shape index (κ1) is 12.0. The maximum atomic E-state index is 4.64. The number of aryl methyl sites for hydroxylation is 1. The molecule has 0 aliphatic heterocycles. The second kappa shape index (κ2) is 4.93. The van der Waals surface area contributed by atoms with E-state index in [-0.39, 0.29) is 0 Å². The molecule has 0 unspecified atom stereocenters. The highest BCUT2D eigenvalue weighted by Gasteiger charge is 2.10. The third kappa shape index (κ3) is 2.42. The van der Waals surface area contributed by atoms with Gasteiger partial charge >= 0.3 is 0 Å². The van der Waals surface area contributed by atoms with Gasteiger partial charge < -0.3 is 5.32 Å². The van der Waals surface area contributed by atoms with Crippen LogP contribution < -0.4 is 5.32 Å². The Balaban J connectivity index is 2.04. The summed E-state index contributed by atoms with van der Waals surface area (Å²) < 4.78 is 0. The Bertz CT molecular complexity index is 706. The lowest BCUT2D eigenvalue weighted by molar-refractivity contribution is 0.988. The molecule has 0 saturated carbocycles. The number of pyridine rings is 1. The fraction of sp³-hybridized carbons (Fsp3) is 0.214. The molecule has 3 aromatic rings. The second-order valence-corrected chi connectivity index (χ2v) is 5.59. The SMILES string of the molecule is CNc1nc(Cc2cccnc2)nc2sc(C)cc12. The monoisotopic (exact) mass is 270 g/mol. The summed E-state index contributed by atoms with van der Waals surface area (Å²) >= 11 is 1.70. The Morgan fingerprint density at radius 2 is 2.21 bits per heavy atom. The molecule has 0 amide bonds. The van der Waals surface area contributed by atoms with E-state index in [1.807, 2.05) is 25.4 Å². The lowest BCUT2D eigenvalue weighted by atomic mass is 10.2. The summed E-state index contributed by atoms with van der Waals surface area (Å²) in [5.41, 5.74) is 1.12. The summed E-state index contributed by atoms with van der Waals surface area (Å²) in [5.74, 6) is 1.72. The number of rotatable bonds is 3. The fourth-order valence-electron chi connectivity index (χ4n) is 2.04. The average molecular weight is 270 g/mol. The molecule has 5 heteroatoms. The summed E-state index contributed by atoms with van der Waals surface area (Å²) in [7, 11) is 1.89. The number of hydrogen-bond acceptors (Lipinski definition) is 5. The molecule has 0 aromatic carbocycles. The van der Waals surface area contributed by atoms with Crippen LogP contribution in [-0.4, -0.2) is 22.0 Å². The van der Waals surface area contributed by atoms with Gasteiger partial charge in [-0.1, -0.05) is 6.07 Å². The Kier molecular flexibility index (Phi) is 3.13. The van der Waals surface area contributed by atoms with Crippen molar-refractivity contribution in [2.75, 3.05) is 12.4 Å². The minimum Gasteiger partial charge on any atom is -0.372 e. The molecular weight excluding hydrogens is 256 g/mol. The molecule has 0 saturated heterocycles. The molecule has 0 spiro atoms. The first-order chi connectivity index (χ1) is 9.26. The van der Waals surface area contributed by atoms with Crippen LogP contribution in [0.5, 0.6) is 0 Å². The standard InChI is InChI=1S/C14H14N4S/c1-9-6-11-13(15-2)17-12(18-14(11)19-9)7-10-4-3-5-16-8-10/h3-6,8H,7H2,1-2H3,(H,15,17,18). The molecule has 0 aliphatic carbocycles. The highest BCUT2D eigenvalue weighted by Crippen LogP contribution is 2.28. The van der Waals surface area contributed by atoms with Gasteiger partial charge in [-0.05, 0) is 24.6 Å². The summed E-state index contributed by atoms with van der Waals surface area (Å²) in [6.07, 6.45) is 4.33. The van der Waals surface area contributed by atoms with Crippen LogP contribution >= 0.6 is 11.3 Å². The highest BCUT2D eigenvalue weighted by atomic mass is 32.1. The molecule has 3 rings (SSSR count). The first-order valence-electron chi connectivity index (χ1n) is 6.10. The van der Waals surface area contributed by atoms with Crippen molar-refractivity contribution in [2.45, 2.75) is 13.3 Å². The zero-order valence-electron chi connectivity index (χ0n) is 10.8. The Hall–Kier alpha value is -2.01. The molecule has 1 N–H and O–H groups in total. The summed E-state index contributed by atoms with van der Waals surface area (Å²) in [5, 5.41) is 4.25. The van der Waals surface area contributed by atoms with Crippen LogP contribution in [0.1, 0.15) is 16.3 Å². The van der Waals surface area contributed by atoms with Crippen molar-refractivity contribution in [1.29, 1.82) is 0 Å². The van der Waals surface area contributed by atoms with Crippen LogP contribution in [0.2, 0.25) is 0 Å². The van der Waals surface area contributed by atoms with Crippen LogP contribution in [-0.2, 0) is 6.42 Å². The predicted octanol–water partition coefficient (Wildman–Crippen LogP) is 3.03. The molecule has 3 aromatic heterocycles. The van der Waals surface area contributed by atoms with Gasteiger partial charge in [-0.15, -0.1) is 11.3 Å². The fourth-order valence-corrected chi connectivity index (χ4v) is 2.94. The smallest absolute Gasteiger partial charge is 0.138 e. The molecule has 96 valence electrons. The molecule has 0 atom stereocenters. The van der Waals surface area contributed by atoms with E-state index in [1.165, 1.54) is 4.88 Å². The largest absolute Gasteiger partial charge is 0.372 e. The topological polar surface area (TPSA) is 50.7 Å². The molecule has 19 heavy (non-hydrogen) atoms. The number of hydrogen-bond donors (Lipinski definition) is 1. The Morgan fingerprint density at radius 3 is 2.95 bits per heavy atom. The van der Waals surface area contributed by atoms with E-state index in [0.29, 0.717) is 6.42 Å². The normalized spacial score (nSPS) is 10.8. The van der Waals surface area contributed by atoms with Crippen LogP contribution in [0.15, 0.2) is 30.6 Å². The van der Waals surface area contributed by atoms with Crippen molar-refractivity contribution >= 4 is 27.4 Å². The van der Waals surface area contributed by atoms with Crippen molar-refractivity contribution in [3.05, 3.63) is 46.9 Å². The highest BCUT2D eigenvalue weighted by molar-refractivity contribution is 7.18. The second-order valence-electron chi connectivity index (χ2n) is 4.35. The summed E-state index contributed by atoms with van der Waals surface area (Å²) in [6.45, 7) is 2.09. The average Bonchev–Trinajstić information content (AvgIpc) is 2.79. The van der Waals surface area contributed by atoms with Crippen molar-refractivity contribution < 1.29 is 0 Å². The third-order valence-electron chi connectivity index (χ3n) is 2.88. The van der Waals surface area contributed by atoms with E-state index in [9.17, 15) is 0 Å². The van der Waals surface area contributed by atoms with E-state index >= 15 is 0 Å². The molecule has 3 heterocycles. The molecule has 0 aliphatic rings. The minimum absolute atomic E-state index is 0.704. The van der Waals surface area contributed by atoms with Gasteiger partial charge in [-0.25, -0.2) is 9.97 Å². The molecule has 0 fully saturated rings. The first-order valence-corrected chi connectivity index (χ1v) is 6.91. The van der Waals surface area contributed by atoms with E-state index in [2.05, 4.69) is 33.3 Å². The van der Waals surface area contributed by atoms with Gasteiger partial charge in [0.2, 0.25) is 0 Å². The summed E-state index contributed by atoms with van der Waals surface area (Å²) in [6, 6.07) is 6.10. The van der Waals surface area contributed by atoms with Gasteiger partial charge in [-0.2, -0.15) is 0 Å². The van der Waals surface area contributed by atoms with Crippen LogP contribution in [0.3, 0.4) is 0 Å². The van der Waals surface area contributed by atoms with Gasteiger partial charge in [0.15, 0.2) is 0 Å². The van der Waals surface area contributed by atoms with Gasteiger partial charge in [0.1, 0.15) is 16.5 Å². The number of fused-ring (bicyclic) bond motifs is 1. The van der Waals surface area contributed by atoms with Crippen LogP contribution in [0.4, 0.5) is 5.82 Å². The van der Waals surface area contributed by atoms with Gasteiger partial charge in [0.25, 0.3) is 0 Å². The lowest BCUT2D eigenvalue weighted by Gasteiger charge is -2.05. The van der Waals surface area contributed by atoms with Gasteiger partial charge in [-0.3, -0.25) is 4.98 Å². The van der Waals surface area contributed by atoms with Crippen molar-refractivity contribution in [3.8, 4) is 0 Å². The minimum atomic E-state index is 0.704. The molecule has 0 bridgehead atoms. The van der Waals surface area contributed by atoms with Crippen LogP contribution in [0.25, 0.3) is 10.2 Å². The quantitative estimate of drug-likeness (QED) is 0.795. The van der Waals surface area contributed by atoms with E-state index in [4.69, 9.17) is 0 Å². The zero-order chi connectivity index (χ0) is 13.2. The molecular formula is C14H14N4S. The van der Waals surface area contributed by atoms with Crippen molar-refractivity contribution in [1.82, 2.24) is 15.0 Å². The Labute approximate surface area is 115 Å². The predicted molar refractivity (Wildman–Crippen MR) is 78.7 cm³/mol. The van der Waals surface area contributed by atoms with E-state index in [1.54, 1.807) is 17.5 Å². The number of thiophene rings is 1. The van der Waals surface area contributed by atoms with Gasteiger partial charge in [0, 0.05) is 30.7 Å². The maximum absolute atomic E-state index is 4.64. The van der Waals surface area contributed by atoms with Crippen molar-refractivity contribution in [2.24, 2.45) is 0 Å². The maximum Gasteiger partial charge on any atom is 0.138 e. The van der Waals surface area contributed by atoms with Crippen LogP contribution in [0, 0.1) is 6.92 Å². The van der Waals surface area contributed by atoms with E-state index in [0.717, 1.165) is 27.4 Å². The lowest BCUT2D eigenvalue weighted by Crippen LogP contribution is -2.01. The van der Waals surface area contributed by atoms with Gasteiger partial charge in [0.05, 0.1) is 5.39 Å². The van der Waals surface area contributed by atoms with Crippen molar-refractivity contribution in [3.63, 3.8) is 0 Å². The summed E-state index contributed by atoms with van der Waals surface area (Å²) in [4.78, 5) is 15.6. The third-order valence-corrected chi connectivity index (χ3v) is 3.83. The molecule has 4 nitrogen and oxygen atoms in total. The number of aromatic nitrogens is 3. The Morgan fingerprint density at radius 1 is 1.32 bits per heavy atom. The number of nitrogens with zero attached hydrogens (tertiary/aromatic N) is 3. The number of nitrogens with one attached hydrogen (secondary N) is 1. The number of anilines is 1. The molecule has 0 radical (unpaired) electrons. The van der Waals surface area contributed by atoms with E-state index < -0.39 is 0 Å².